The second-order valence-corrected chi connectivity index (χ2v) is 8.30. The van der Waals surface area contributed by atoms with Gasteiger partial charge in [-0.3, -0.25) is 19.6 Å². The lowest BCUT2D eigenvalue weighted by Crippen LogP contribution is -2.18. The number of nitrogens with one attached hydrogen (secondary N) is 2. The molecule has 1 aliphatic carbocycles. The van der Waals surface area contributed by atoms with Gasteiger partial charge in [0.25, 0.3) is 5.91 Å². The van der Waals surface area contributed by atoms with Gasteiger partial charge < -0.3 is 5.32 Å². The Morgan fingerprint density at radius 3 is 3.00 bits per heavy atom. The first-order valence-electron chi connectivity index (χ1n) is 9.88. The average molecular weight is 407 g/mol. The molecule has 0 spiro atoms. The fourth-order valence-electron chi connectivity index (χ4n) is 3.78. The van der Waals surface area contributed by atoms with Crippen LogP contribution in [-0.4, -0.2) is 26.6 Å². The zero-order chi connectivity index (χ0) is 20.0. The molecule has 1 fully saturated rings. The van der Waals surface area contributed by atoms with Crippen molar-refractivity contribution in [3.63, 3.8) is 0 Å². The number of rotatable bonds is 5. The van der Waals surface area contributed by atoms with E-state index >= 15 is 0 Å². The van der Waals surface area contributed by atoms with E-state index in [0.29, 0.717) is 23.0 Å². The van der Waals surface area contributed by atoms with Gasteiger partial charge in [-0.1, -0.05) is 6.07 Å². The van der Waals surface area contributed by atoms with Crippen molar-refractivity contribution in [3.8, 4) is 11.3 Å². The minimum Gasteiger partial charge on any atom is -0.326 e. The smallest absolute Gasteiger partial charge is 0.260 e. The van der Waals surface area contributed by atoms with E-state index in [0.717, 1.165) is 54.0 Å². The van der Waals surface area contributed by atoms with Gasteiger partial charge in [-0.15, -0.1) is 11.3 Å². The topological polar surface area (TPSA) is 88.9 Å². The summed E-state index contributed by atoms with van der Waals surface area (Å²) in [5, 5.41) is 12.7. The maximum Gasteiger partial charge on any atom is 0.260 e. The third-order valence-corrected chi connectivity index (χ3v) is 6.17. The number of aryl methyl sites for hydroxylation is 2. The number of benzene rings is 1. The minimum absolute atomic E-state index is 0.0564. The highest BCUT2D eigenvalue weighted by Gasteiger charge is 2.32. The summed E-state index contributed by atoms with van der Waals surface area (Å²) in [5.74, 6) is 0.350. The Morgan fingerprint density at radius 2 is 2.21 bits per heavy atom. The van der Waals surface area contributed by atoms with Crippen molar-refractivity contribution in [2.45, 2.75) is 45.1 Å². The molecule has 0 bridgehead atoms. The molecule has 2 aliphatic rings. The third kappa shape index (κ3) is 3.44. The molecule has 1 aliphatic heterocycles. The van der Waals surface area contributed by atoms with E-state index < -0.39 is 0 Å². The van der Waals surface area contributed by atoms with Gasteiger partial charge in [0.15, 0.2) is 5.13 Å². The number of hydrogen-bond donors (Lipinski definition) is 2. The predicted molar refractivity (Wildman–Crippen MR) is 112 cm³/mol. The van der Waals surface area contributed by atoms with Gasteiger partial charge in [-0.25, -0.2) is 4.98 Å². The molecule has 7 nitrogen and oxygen atoms in total. The number of anilines is 2. The number of hydrogen-bond acceptors (Lipinski definition) is 5. The SMILES string of the molecule is CCn1ncc(C(=O)Nc2nc(-c3ccc4c(c3)CCC(=O)N4)cs2)c1C1CC1. The predicted octanol–water partition coefficient (Wildman–Crippen LogP) is 4.04. The zero-order valence-electron chi connectivity index (χ0n) is 16.1. The molecule has 29 heavy (non-hydrogen) atoms. The number of aromatic nitrogens is 3. The van der Waals surface area contributed by atoms with Crippen molar-refractivity contribution < 1.29 is 9.59 Å². The van der Waals surface area contributed by atoms with Crippen molar-refractivity contribution in [3.05, 3.63) is 46.6 Å². The van der Waals surface area contributed by atoms with Gasteiger partial charge >= 0.3 is 0 Å². The number of nitrogens with zero attached hydrogens (tertiary/aromatic N) is 3. The van der Waals surface area contributed by atoms with Crippen LogP contribution in [0.3, 0.4) is 0 Å². The van der Waals surface area contributed by atoms with Gasteiger partial charge in [0.2, 0.25) is 5.91 Å². The third-order valence-electron chi connectivity index (χ3n) is 5.41. The normalized spacial score (nSPS) is 15.7. The molecule has 5 rings (SSSR count). The first-order chi connectivity index (χ1) is 14.1. The quantitative estimate of drug-likeness (QED) is 0.668. The summed E-state index contributed by atoms with van der Waals surface area (Å²) in [4.78, 5) is 29.0. The monoisotopic (exact) mass is 407 g/mol. The highest BCUT2D eigenvalue weighted by atomic mass is 32.1. The zero-order valence-corrected chi connectivity index (χ0v) is 16.9. The Morgan fingerprint density at radius 1 is 1.34 bits per heavy atom. The van der Waals surface area contributed by atoms with Crippen LogP contribution in [0.5, 0.6) is 0 Å². The maximum atomic E-state index is 12.8. The number of carbonyl (C=O) groups excluding carboxylic acids is 2. The summed E-state index contributed by atoms with van der Waals surface area (Å²) in [6, 6.07) is 5.92. The second-order valence-electron chi connectivity index (χ2n) is 7.45. The summed E-state index contributed by atoms with van der Waals surface area (Å²) in [5.41, 5.74) is 5.47. The van der Waals surface area contributed by atoms with Crippen LogP contribution in [0.15, 0.2) is 29.8 Å². The van der Waals surface area contributed by atoms with Crippen LogP contribution in [0.4, 0.5) is 10.8 Å². The van der Waals surface area contributed by atoms with Gasteiger partial charge in [-0.05, 0) is 43.9 Å². The molecule has 1 saturated carbocycles. The Labute approximate surface area is 172 Å². The van der Waals surface area contributed by atoms with Crippen LogP contribution >= 0.6 is 11.3 Å². The van der Waals surface area contributed by atoms with Crippen LogP contribution in [-0.2, 0) is 17.8 Å². The van der Waals surface area contributed by atoms with E-state index in [1.165, 1.54) is 11.3 Å². The van der Waals surface area contributed by atoms with Crippen LogP contribution in [0, 0.1) is 0 Å². The van der Waals surface area contributed by atoms with Gasteiger partial charge in [-0.2, -0.15) is 5.10 Å². The lowest BCUT2D eigenvalue weighted by atomic mass is 9.99. The van der Waals surface area contributed by atoms with E-state index in [1.807, 2.05) is 29.1 Å². The largest absolute Gasteiger partial charge is 0.326 e. The van der Waals surface area contributed by atoms with Crippen LogP contribution < -0.4 is 10.6 Å². The van der Waals surface area contributed by atoms with Crippen molar-refractivity contribution in [1.29, 1.82) is 0 Å². The van der Waals surface area contributed by atoms with E-state index in [-0.39, 0.29) is 11.8 Å². The summed E-state index contributed by atoms with van der Waals surface area (Å²) >= 11 is 1.41. The molecule has 0 saturated heterocycles. The summed E-state index contributed by atoms with van der Waals surface area (Å²) in [6.45, 7) is 2.80. The molecule has 1 aromatic carbocycles. The standard InChI is InChI=1S/C21H21N5O2S/c1-2-26-19(12-3-4-12)15(10-22-26)20(28)25-21-24-17(11-29-21)14-5-7-16-13(9-14)6-8-18(27)23-16/h5,7,9-12H,2-4,6,8H2,1H3,(H,23,27)(H,24,25,28). The minimum atomic E-state index is -0.152. The van der Waals surface area contributed by atoms with Crippen molar-refractivity contribution >= 4 is 34.0 Å². The first-order valence-corrected chi connectivity index (χ1v) is 10.8. The Bertz CT molecular complexity index is 1110. The molecule has 2 amide bonds. The van der Waals surface area contributed by atoms with E-state index in [1.54, 1.807) is 6.20 Å². The van der Waals surface area contributed by atoms with Crippen LogP contribution in [0.2, 0.25) is 0 Å². The lowest BCUT2D eigenvalue weighted by molar-refractivity contribution is -0.116. The Balaban J connectivity index is 1.35. The van der Waals surface area contributed by atoms with Gasteiger partial charge in [0.1, 0.15) is 0 Å². The summed E-state index contributed by atoms with van der Waals surface area (Å²) in [7, 11) is 0. The van der Waals surface area contributed by atoms with E-state index in [9.17, 15) is 9.59 Å². The van der Waals surface area contributed by atoms with Crippen molar-refractivity contribution in [1.82, 2.24) is 14.8 Å². The number of amides is 2. The van der Waals surface area contributed by atoms with Crippen LogP contribution in [0.1, 0.15) is 53.7 Å². The van der Waals surface area contributed by atoms with E-state index in [4.69, 9.17) is 0 Å². The van der Waals surface area contributed by atoms with Gasteiger partial charge in [0.05, 0.1) is 23.1 Å². The van der Waals surface area contributed by atoms with E-state index in [2.05, 4.69) is 26.8 Å². The maximum absolute atomic E-state index is 12.8. The molecule has 2 aromatic heterocycles. The van der Waals surface area contributed by atoms with Gasteiger partial charge in [0, 0.05) is 35.5 Å². The fourth-order valence-corrected chi connectivity index (χ4v) is 4.49. The van der Waals surface area contributed by atoms with Crippen LogP contribution in [0.25, 0.3) is 11.3 Å². The highest BCUT2D eigenvalue weighted by molar-refractivity contribution is 7.14. The number of fused-ring (bicyclic) bond motifs is 1. The first kappa shape index (κ1) is 18.1. The average Bonchev–Trinajstić information content (AvgIpc) is 3.30. The molecular formula is C21H21N5O2S. The molecule has 8 heteroatoms. The Kier molecular flexibility index (Phi) is 4.43. The number of carbonyl (C=O) groups is 2. The number of thiazole rings is 1. The molecule has 148 valence electrons. The Hall–Kier alpha value is -3.00. The summed E-state index contributed by atoms with van der Waals surface area (Å²) in [6.07, 6.45) is 5.13. The fraction of sp³-hybridized carbons (Fsp3) is 0.333. The molecule has 2 N–H and O–H groups in total. The summed E-state index contributed by atoms with van der Waals surface area (Å²) < 4.78 is 1.92. The lowest BCUT2D eigenvalue weighted by Gasteiger charge is -2.17. The highest BCUT2D eigenvalue weighted by Crippen LogP contribution is 2.42. The molecule has 3 aromatic rings. The molecule has 0 radical (unpaired) electrons. The molecular weight excluding hydrogens is 386 g/mol. The van der Waals surface area contributed by atoms with Crippen molar-refractivity contribution in [2.75, 3.05) is 10.6 Å². The molecule has 3 heterocycles. The second kappa shape index (κ2) is 7.11. The molecule has 0 atom stereocenters. The molecule has 0 unspecified atom stereocenters. The van der Waals surface area contributed by atoms with Crippen molar-refractivity contribution in [2.24, 2.45) is 0 Å².